The van der Waals surface area contributed by atoms with Crippen LogP contribution in [0.15, 0.2) is 11.3 Å². The van der Waals surface area contributed by atoms with Gasteiger partial charge in [0.2, 0.25) is 0 Å². The molecule has 0 fully saturated rings. The average molecular weight is 136 g/mol. The third kappa shape index (κ3) is 0.689. The average Bonchev–Trinajstić information content (AvgIpc) is 2.33. The number of H-pyrrole nitrogens is 1. The predicted molar refractivity (Wildman–Crippen MR) is 36.5 cm³/mol. The highest BCUT2D eigenvalue weighted by Crippen LogP contribution is 1.83. The zero-order valence-corrected chi connectivity index (χ0v) is 5.70. The number of nitrogens with zero attached hydrogens (tertiary/aromatic N) is 3. The van der Waals surface area contributed by atoms with Crippen molar-refractivity contribution in [1.29, 1.82) is 0 Å². The third-order valence-electron chi connectivity index (χ3n) is 1.44. The van der Waals surface area contributed by atoms with Gasteiger partial charge in [0.1, 0.15) is 12.0 Å². The van der Waals surface area contributed by atoms with Crippen molar-refractivity contribution in [3.63, 3.8) is 0 Å². The van der Waals surface area contributed by atoms with Crippen molar-refractivity contribution in [3.8, 4) is 0 Å². The fourth-order valence-electron chi connectivity index (χ4n) is 0.958. The first kappa shape index (κ1) is 5.46. The number of imidazole rings is 1. The van der Waals surface area contributed by atoms with E-state index < -0.39 is 0 Å². The number of hydrogen-bond acceptors (Lipinski definition) is 3. The molecule has 1 aliphatic heterocycles. The van der Waals surface area contributed by atoms with Gasteiger partial charge in [0.15, 0.2) is 5.49 Å². The number of aromatic amines is 1. The lowest BCUT2D eigenvalue weighted by atomic mass is 10.6. The Hall–Kier alpha value is -1.32. The van der Waals surface area contributed by atoms with Crippen LogP contribution in [0.25, 0.3) is 6.20 Å². The van der Waals surface area contributed by atoms with E-state index in [4.69, 9.17) is 0 Å². The van der Waals surface area contributed by atoms with E-state index in [-0.39, 0.29) is 0 Å². The van der Waals surface area contributed by atoms with Crippen molar-refractivity contribution in [2.75, 3.05) is 13.7 Å². The number of nitrogens with one attached hydrogen (secondary N) is 1. The van der Waals surface area contributed by atoms with Crippen LogP contribution >= 0.6 is 0 Å². The minimum absolute atomic E-state index is 0.706. The molecule has 0 saturated carbocycles. The van der Waals surface area contributed by atoms with Gasteiger partial charge in [-0.3, -0.25) is 0 Å². The smallest absolute Gasteiger partial charge is 0.176 e. The molecule has 1 N–H and O–H groups in total. The third-order valence-corrected chi connectivity index (χ3v) is 1.44. The minimum atomic E-state index is 0.706. The molecule has 0 amide bonds. The van der Waals surface area contributed by atoms with Crippen LogP contribution in [0.1, 0.15) is 0 Å². The van der Waals surface area contributed by atoms with Gasteiger partial charge in [-0.15, -0.1) is 0 Å². The molecular formula is C6H8N4. The summed E-state index contributed by atoms with van der Waals surface area (Å²) in [5.41, 5.74) is 0.818. The lowest BCUT2D eigenvalue weighted by molar-refractivity contribution is 0.495. The Balaban J connectivity index is 2.73. The highest BCUT2D eigenvalue weighted by molar-refractivity contribution is 5.15. The number of fused-ring (bicyclic) bond motifs is 1. The van der Waals surface area contributed by atoms with Gasteiger partial charge in [0, 0.05) is 13.2 Å². The molecule has 4 heteroatoms. The summed E-state index contributed by atoms with van der Waals surface area (Å²) in [6.45, 7) is 0.706. The number of rotatable bonds is 0. The Kier molecular flexibility index (Phi) is 1.00. The van der Waals surface area contributed by atoms with Crippen molar-refractivity contribution in [2.45, 2.75) is 0 Å². The molecule has 4 nitrogen and oxygen atoms in total. The fourth-order valence-corrected chi connectivity index (χ4v) is 0.958. The monoisotopic (exact) mass is 136 g/mol. The molecule has 52 valence electrons. The van der Waals surface area contributed by atoms with Gasteiger partial charge >= 0.3 is 0 Å². The molecule has 0 radical (unpaired) electrons. The first-order valence-electron chi connectivity index (χ1n) is 3.12. The molecule has 1 aliphatic rings. The Morgan fingerprint density at radius 3 is 3.50 bits per heavy atom. The van der Waals surface area contributed by atoms with Crippen LogP contribution in [0.5, 0.6) is 0 Å². The first-order valence-corrected chi connectivity index (χ1v) is 3.12. The van der Waals surface area contributed by atoms with E-state index in [9.17, 15) is 0 Å². The van der Waals surface area contributed by atoms with Crippen molar-refractivity contribution < 1.29 is 0 Å². The zero-order valence-electron chi connectivity index (χ0n) is 5.70. The topological polar surface area (TPSA) is 44.3 Å². The van der Waals surface area contributed by atoms with Crippen LogP contribution in [0.2, 0.25) is 0 Å². The van der Waals surface area contributed by atoms with Crippen molar-refractivity contribution in [1.82, 2.24) is 14.9 Å². The molecule has 0 saturated heterocycles. The summed E-state index contributed by atoms with van der Waals surface area (Å²) >= 11 is 0. The highest BCUT2D eigenvalue weighted by atomic mass is 15.2. The molecule has 1 aromatic rings. The van der Waals surface area contributed by atoms with Gasteiger partial charge < -0.3 is 9.88 Å². The number of aromatic nitrogens is 2. The largest absolute Gasteiger partial charge is 0.359 e. The van der Waals surface area contributed by atoms with Crippen LogP contribution in [0, 0.1) is 0 Å². The van der Waals surface area contributed by atoms with Gasteiger partial charge in [-0.05, 0) is 0 Å². The first-order chi connectivity index (χ1) is 4.86. The van der Waals surface area contributed by atoms with Gasteiger partial charge in [0.05, 0.1) is 6.33 Å². The Morgan fingerprint density at radius 2 is 2.60 bits per heavy atom. The molecule has 2 heterocycles. The van der Waals surface area contributed by atoms with Crippen molar-refractivity contribution >= 4 is 6.20 Å². The summed E-state index contributed by atoms with van der Waals surface area (Å²) in [7, 11) is 1.98. The maximum absolute atomic E-state index is 4.19. The molecule has 0 spiro atoms. The molecule has 0 bridgehead atoms. The Bertz CT molecular complexity index is 337. The molecule has 2 rings (SSSR count). The summed E-state index contributed by atoms with van der Waals surface area (Å²) in [6, 6.07) is 0. The van der Waals surface area contributed by atoms with E-state index in [0.29, 0.717) is 6.67 Å². The quantitative estimate of drug-likeness (QED) is 0.480. The summed E-state index contributed by atoms with van der Waals surface area (Å²) in [4.78, 5) is 13.2. The molecule has 0 atom stereocenters. The van der Waals surface area contributed by atoms with Gasteiger partial charge in [0.25, 0.3) is 0 Å². The van der Waals surface area contributed by atoms with Crippen LogP contribution < -0.4 is 10.8 Å². The highest BCUT2D eigenvalue weighted by Gasteiger charge is 1.97. The van der Waals surface area contributed by atoms with Crippen LogP contribution in [0.4, 0.5) is 0 Å². The second-order valence-electron chi connectivity index (χ2n) is 2.33. The van der Waals surface area contributed by atoms with E-state index in [1.54, 1.807) is 6.33 Å². The Labute approximate surface area is 57.9 Å². The second kappa shape index (κ2) is 1.83. The second-order valence-corrected chi connectivity index (χ2v) is 2.33. The molecule has 1 aromatic heterocycles. The van der Waals surface area contributed by atoms with E-state index in [1.807, 2.05) is 18.1 Å². The summed E-state index contributed by atoms with van der Waals surface area (Å²) in [6.07, 6.45) is 3.65. The summed E-state index contributed by atoms with van der Waals surface area (Å²) < 4.78 is 0. The zero-order chi connectivity index (χ0) is 6.97. The SMILES string of the molecule is CN1C=c2[nH]cnc2=NC1. The molecule has 0 aliphatic carbocycles. The normalized spacial score (nSPS) is 15.5. The maximum atomic E-state index is 4.19. The van der Waals surface area contributed by atoms with Crippen molar-refractivity contribution in [3.05, 3.63) is 17.2 Å². The van der Waals surface area contributed by atoms with E-state index in [1.165, 1.54) is 0 Å². The van der Waals surface area contributed by atoms with Crippen molar-refractivity contribution in [2.24, 2.45) is 4.99 Å². The van der Waals surface area contributed by atoms with Crippen LogP contribution in [-0.4, -0.2) is 28.6 Å². The van der Waals surface area contributed by atoms with E-state index in [2.05, 4.69) is 15.0 Å². The molecular weight excluding hydrogens is 128 g/mol. The summed E-state index contributed by atoms with van der Waals surface area (Å²) in [5, 5.41) is 0.994. The van der Waals surface area contributed by atoms with E-state index >= 15 is 0 Å². The maximum Gasteiger partial charge on any atom is 0.176 e. The molecule has 0 aromatic carbocycles. The number of hydrogen-bond donors (Lipinski definition) is 1. The van der Waals surface area contributed by atoms with Gasteiger partial charge in [-0.1, -0.05) is 0 Å². The Morgan fingerprint density at radius 1 is 1.70 bits per heavy atom. The lowest BCUT2D eigenvalue weighted by Crippen LogP contribution is -2.34. The minimum Gasteiger partial charge on any atom is -0.359 e. The van der Waals surface area contributed by atoms with Crippen LogP contribution in [0.3, 0.4) is 0 Å². The fraction of sp³-hybridized carbons (Fsp3) is 0.333. The van der Waals surface area contributed by atoms with Crippen LogP contribution in [-0.2, 0) is 0 Å². The standard InChI is InChI=1S/C6H8N4/c1-10-2-5-6(9-4-10)8-3-7-5/h2-3H,4H2,1H3,(H,7,8,9). The summed E-state index contributed by atoms with van der Waals surface area (Å²) in [5.74, 6) is 0. The molecule has 10 heavy (non-hydrogen) atoms. The lowest BCUT2D eigenvalue weighted by Gasteiger charge is -2.10. The van der Waals surface area contributed by atoms with Gasteiger partial charge in [-0.2, -0.15) is 0 Å². The predicted octanol–water partition coefficient (Wildman–Crippen LogP) is -1.33. The van der Waals surface area contributed by atoms with E-state index in [0.717, 1.165) is 10.8 Å². The van der Waals surface area contributed by atoms with Gasteiger partial charge in [-0.25, -0.2) is 9.98 Å². The molecule has 0 unspecified atom stereocenters.